The zero-order valence-electron chi connectivity index (χ0n) is 13.5. The molecule has 0 saturated carbocycles. The van der Waals surface area contributed by atoms with Gasteiger partial charge in [-0.25, -0.2) is 0 Å². The lowest BCUT2D eigenvalue weighted by molar-refractivity contribution is -0.930. The number of piperidine rings is 1. The minimum Gasteiger partial charge on any atom is -1.00 e. The summed E-state index contributed by atoms with van der Waals surface area (Å²) in [6, 6.07) is 0. The minimum absolute atomic E-state index is 0. The maximum absolute atomic E-state index is 11.3. The molecule has 1 saturated heterocycles. The van der Waals surface area contributed by atoms with Crippen LogP contribution < -0.4 is 12.4 Å². The Bertz CT molecular complexity index is 442. The van der Waals surface area contributed by atoms with E-state index in [1.807, 2.05) is 0 Å². The first-order chi connectivity index (χ1) is 9.91. The van der Waals surface area contributed by atoms with E-state index in [1.54, 1.807) is 0 Å². The van der Waals surface area contributed by atoms with Crippen LogP contribution in [0.5, 0.6) is 0 Å². The van der Waals surface area contributed by atoms with E-state index in [0.29, 0.717) is 0 Å². The summed E-state index contributed by atoms with van der Waals surface area (Å²) in [5.74, 6) is 0.119. The number of aliphatic hydroxyl groups is 1. The highest BCUT2D eigenvalue weighted by molar-refractivity contribution is 7.72. The topological polar surface area (TPSA) is 135 Å². The fourth-order valence-corrected chi connectivity index (χ4v) is 5.37. The molecule has 1 rings (SSSR count). The maximum atomic E-state index is 11.3. The van der Waals surface area contributed by atoms with Gasteiger partial charge in [0.2, 0.25) is 0 Å². The van der Waals surface area contributed by atoms with Gasteiger partial charge in [-0.2, -0.15) is 0 Å². The smallest absolute Gasteiger partial charge is 0.369 e. The number of halogens is 1. The summed E-state index contributed by atoms with van der Waals surface area (Å²) >= 11 is 0. The van der Waals surface area contributed by atoms with E-state index >= 15 is 0 Å². The summed E-state index contributed by atoms with van der Waals surface area (Å²) in [6.07, 6.45) is 1.27. The summed E-state index contributed by atoms with van der Waals surface area (Å²) in [6.45, 7) is 8.20. The van der Waals surface area contributed by atoms with Crippen LogP contribution in [0.2, 0.25) is 0 Å². The van der Waals surface area contributed by atoms with Crippen molar-refractivity contribution < 1.29 is 50.7 Å². The fourth-order valence-electron chi connectivity index (χ4n) is 3.17. The molecule has 0 aromatic heterocycles. The molecule has 0 atom stereocenters. The van der Waals surface area contributed by atoms with Crippen molar-refractivity contribution in [3.8, 4) is 0 Å². The number of nitrogens with zero attached hydrogens (tertiary/aromatic N) is 1. The van der Waals surface area contributed by atoms with Gasteiger partial charge in [0.05, 0.1) is 26.2 Å². The average Bonchev–Trinajstić information content (AvgIpc) is 2.43. The third-order valence-electron chi connectivity index (χ3n) is 5.19. The Hall–Kier alpha value is 0.510. The van der Waals surface area contributed by atoms with Gasteiger partial charge < -0.3 is 41.6 Å². The summed E-state index contributed by atoms with van der Waals surface area (Å²) in [5, 5.41) is 6.61. The molecule has 0 unspecified atom stereocenters. The zero-order valence-corrected chi connectivity index (χ0v) is 16.1. The van der Waals surface area contributed by atoms with Crippen LogP contribution >= 0.6 is 15.2 Å². The molecule has 1 fully saturated rings. The molecule has 5 N–H and O–H groups in total. The highest BCUT2D eigenvalue weighted by Gasteiger charge is 2.59. The van der Waals surface area contributed by atoms with Gasteiger partial charge in [0, 0.05) is 6.42 Å². The Balaban J connectivity index is 0.00000484. The Morgan fingerprint density at radius 2 is 1.39 bits per heavy atom. The number of quaternary nitrogens is 1. The molecular weight excluding hydrogens is 368 g/mol. The lowest BCUT2D eigenvalue weighted by atomic mass is 9.90. The Labute approximate surface area is 143 Å². The fraction of sp³-hybridized carbons (Fsp3) is 1.00. The molecular formula is C12H28ClNO7P2. The average molecular weight is 396 g/mol. The molecule has 8 nitrogen and oxygen atoms in total. The van der Waals surface area contributed by atoms with Crippen LogP contribution in [0.1, 0.15) is 39.5 Å². The predicted octanol–water partition coefficient (Wildman–Crippen LogP) is -1.96. The van der Waals surface area contributed by atoms with Crippen LogP contribution in [0.4, 0.5) is 0 Å². The SMILES string of the molecule is CC[N+]1(CC)CCC(CCC(O)(P(=O)(O)O)P(=O)(O)O)CC1.[Cl-]. The molecule has 1 aliphatic rings. The standard InChI is InChI=1S/C12H27NO7P2.ClH/c1-3-13(4-2)9-6-11(7-10-13)5-8-12(14,21(15,16)17)22(18,19)20;/h11,14H,3-10H2,1-2H3,(H3-,15,16,17,18,19,20);1H. The molecule has 0 aromatic rings. The Morgan fingerprint density at radius 3 is 1.70 bits per heavy atom. The highest BCUT2D eigenvalue weighted by atomic mass is 35.5. The van der Waals surface area contributed by atoms with Gasteiger partial charge in [-0.1, -0.05) is 0 Å². The van der Waals surface area contributed by atoms with Gasteiger partial charge >= 0.3 is 15.2 Å². The highest BCUT2D eigenvalue weighted by Crippen LogP contribution is 2.69. The van der Waals surface area contributed by atoms with Gasteiger partial charge in [0.25, 0.3) is 5.08 Å². The summed E-state index contributed by atoms with van der Waals surface area (Å²) in [4.78, 5) is 36.5. The monoisotopic (exact) mass is 395 g/mol. The third kappa shape index (κ3) is 5.24. The normalized spacial score (nSPS) is 20.1. The van der Waals surface area contributed by atoms with Gasteiger partial charge in [-0.3, -0.25) is 9.13 Å². The molecule has 1 heterocycles. The van der Waals surface area contributed by atoms with Gasteiger partial charge in [-0.15, -0.1) is 0 Å². The number of likely N-dealkylation sites (tertiary alicyclic amines) is 1. The van der Waals surface area contributed by atoms with Gasteiger partial charge in [0.15, 0.2) is 0 Å². The van der Waals surface area contributed by atoms with Crippen molar-refractivity contribution >= 4 is 15.2 Å². The lowest BCUT2D eigenvalue weighted by Gasteiger charge is -2.43. The Morgan fingerprint density at radius 1 is 1.00 bits per heavy atom. The molecule has 1 aliphatic heterocycles. The van der Waals surface area contributed by atoms with Crippen LogP contribution in [-0.4, -0.2) is 60.4 Å². The number of hydrogen-bond donors (Lipinski definition) is 5. The molecule has 140 valence electrons. The van der Waals surface area contributed by atoms with Crippen molar-refractivity contribution in [3.05, 3.63) is 0 Å². The molecule has 0 spiro atoms. The van der Waals surface area contributed by atoms with E-state index in [4.69, 9.17) is 19.6 Å². The van der Waals surface area contributed by atoms with Gasteiger partial charge in [0.1, 0.15) is 0 Å². The summed E-state index contributed by atoms with van der Waals surface area (Å²) in [7, 11) is -10.7. The van der Waals surface area contributed by atoms with Crippen molar-refractivity contribution in [3.63, 3.8) is 0 Å². The van der Waals surface area contributed by atoms with E-state index < -0.39 is 26.7 Å². The van der Waals surface area contributed by atoms with Crippen LogP contribution in [-0.2, 0) is 9.13 Å². The summed E-state index contributed by atoms with van der Waals surface area (Å²) < 4.78 is 23.6. The molecule has 0 aliphatic carbocycles. The molecule has 0 bridgehead atoms. The quantitative estimate of drug-likeness (QED) is 0.249. The van der Waals surface area contributed by atoms with E-state index in [0.717, 1.165) is 43.5 Å². The summed E-state index contributed by atoms with van der Waals surface area (Å²) in [5.41, 5.74) is 0. The molecule has 23 heavy (non-hydrogen) atoms. The van der Waals surface area contributed by atoms with Crippen molar-refractivity contribution in [1.82, 2.24) is 0 Å². The van der Waals surface area contributed by atoms with E-state index in [1.165, 1.54) is 0 Å². The third-order valence-corrected chi connectivity index (χ3v) is 9.06. The van der Waals surface area contributed by atoms with Crippen molar-refractivity contribution in [2.24, 2.45) is 5.92 Å². The molecule has 0 radical (unpaired) electrons. The van der Waals surface area contributed by atoms with Crippen molar-refractivity contribution in [2.75, 3.05) is 26.2 Å². The largest absolute Gasteiger partial charge is 1.00 e. The van der Waals surface area contributed by atoms with E-state index in [2.05, 4.69) is 13.8 Å². The van der Waals surface area contributed by atoms with Crippen LogP contribution in [0.15, 0.2) is 0 Å². The molecule has 11 heteroatoms. The number of rotatable bonds is 7. The molecule has 0 aromatic carbocycles. The Kier molecular flexibility index (Phi) is 8.44. The van der Waals surface area contributed by atoms with Crippen LogP contribution in [0.25, 0.3) is 0 Å². The first-order valence-corrected chi connectivity index (χ1v) is 10.8. The van der Waals surface area contributed by atoms with E-state index in [-0.39, 0.29) is 24.7 Å². The van der Waals surface area contributed by atoms with Crippen molar-refractivity contribution in [2.45, 2.75) is 44.6 Å². The second kappa shape index (κ2) is 8.26. The second-order valence-corrected chi connectivity index (χ2v) is 10.3. The first-order valence-electron chi connectivity index (χ1n) is 7.59. The van der Waals surface area contributed by atoms with Crippen LogP contribution in [0, 0.1) is 5.92 Å². The lowest BCUT2D eigenvalue weighted by Crippen LogP contribution is -3.00. The van der Waals surface area contributed by atoms with E-state index in [9.17, 15) is 14.2 Å². The predicted molar refractivity (Wildman–Crippen MR) is 82.1 cm³/mol. The van der Waals surface area contributed by atoms with Crippen LogP contribution in [0.3, 0.4) is 0 Å². The van der Waals surface area contributed by atoms with Gasteiger partial charge in [-0.05, 0) is 39.0 Å². The zero-order chi connectivity index (χ0) is 17.2. The maximum Gasteiger partial charge on any atom is 0.369 e. The second-order valence-electron chi connectivity index (χ2n) is 6.27. The number of hydrogen-bond acceptors (Lipinski definition) is 3. The van der Waals surface area contributed by atoms with Crippen molar-refractivity contribution in [1.29, 1.82) is 0 Å². The minimum atomic E-state index is -5.33. The first kappa shape index (κ1) is 23.5. The molecule has 0 amide bonds.